The monoisotopic (exact) mass is 513 g/mol. The molecule has 1 heterocycles. The molecule has 1 aromatic rings. The number of rotatable bonds is 24. The van der Waals surface area contributed by atoms with Crippen molar-refractivity contribution in [3.05, 3.63) is 0 Å². The van der Waals surface area contributed by atoms with Crippen LogP contribution < -0.4 is 0 Å². The Morgan fingerprint density at radius 3 is 0.879 bits per heavy atom. The molecule has 0 saturated carbocycles. The van der Waals surface area contributed by atoms with E-state index in [4.69, 9.17) is 15.0 Å². The zero-order valence-electron chi connectivity index (χ0n) is 21.9. The summed E-state index contributed by atoms with van der Waals surface area (Å²) >= 11 is 5.49. The molecule has 0 spiro atoms. The van der Waals surface area contributed by atoms with Gasteiger partial charge in [0.25, 0.3) is 0 Å². The molecule has 0 aliphatic rings. The van der Waals surface area contributed by atoms with Crippen molar-refractivity contribution in [3.8, 4) is 0 Å². The van der Waals surface area contributed by atoms with E-state index in [1.54, 1.807) is 0 Å². The van der Waals surface area contributed by atoms with Crippen molar-refractivity contribution in [2.24, 2.45) is 0 Å². The molecule has 0 aromatic carbocycles. The first-order valence-corrected chi connectivity index (χ1v) is 16.9. The van der Waals surface area contributed by atoms with E-state index in [1.165, 1.54) is 116 Å². The summed E-state index contributed by atoms with van der Waals surface area (Å²) in [6.45, 7) is 6.84. The SMILES string of the molecule is CCCCCCCCSc1nc(SCCCCCCCC)nc(SCCCCCCCC)n1. The van der Waals surface area contributed by atoms with Crippen molar-refractivity contribution in [2.45, 2.75) is 152 Å². The minimum Gasteiger partial charge on any atom is -0.196 e. The molecule has 0 unspecified atom stereocenters. The average molecular weight is 514 g/mol. The summed E-state index contributed by atoms with van der Waals surface area (Å²) in [6.07, 6.45) is 24.1. The molecule has 6 heteroatoms. The van der Waals surface area contributed by atoms with E-state index in [-0.39, 0.29) is 0 Å². The van der Waals surface area contributed by atoms with Gasteiger partial charge in [-0.15, -0.1) is 0 Å². The number of aromatic nitrogens is 3. The highest BCUT2D eigenvalue weighted by Crippen LogP contribution is 2.25. The molecule has 0 fully saturated rings. The van der Waals surface area contributed by atoms with Crippen molar-refractivity contribution in [2.75, 3.05) is 17.3 Å². The van der Waals surface area contributed by atoms with E-state index in [1.807, 2.05) is 35.3 Å². The fraction of sp³-hybridized carbons (Fsp3) is 0.889. The summed E-state index contributed by atoms with van der Waals surface area (Å²) in [4.78, 5) is 14.4. The Balaban J connectivity index is 2.44. The second-order valence-corrected chi connectivity index (χ2v) is 12.2. The van der Waals surface area contributed by atoms with Crippen molar-refractivity contribution in [3.63, 3.8) is 0 Å². The standard InChI is InChI=1S/C27H51N3S3/c1-4-7-10-13-16-19-22-31-25-28-26(32-23-20-17-14-11-8-5-2)30-27(29-25)33-24-21-18-15-12-9-6-3/h4-24H2,1-3H3. The van der Waals surface area contributed by atoms with Gasteiger partial charge in [-0.2, -0.15) is 15.0 Å². The third-order valence-corrected chi connectivity index (χ3v) is 8.56. The lowest BCUT2D eigenvalue weighted by atomic mass is 10.1. The van der Waals surface area contributed by atoms with Crippen LogP contribution in [0.3, 0.4) is 0 Å². The predicted octanol–water partition coefficient (Wildman–Crippen LogP) is 10.2. The van der Waals surface area contributed by atoms with E-state index in [2.05, 4.69) is 20.8 Å². The van der Waals surface area contributed by atoms with Crippen molar-refractivity contribution >= 4 is 35.3 Å². The van der Waals surface area contributed by atoms with Crippen LogP contribution in [0.2, 0.25) is 0 Å². The van der Waals surface area contributed by atoms with Crippen LogP contribution >= 0.6 is 35.3 Å². The smallest absolute Gasteiger partial charge is 0.192 e. The maximum atomic E-state index is 4.80. The summed E-state index contributed by atoms with van der Waals surface area (Å²) in [7, 11) is 0. The maximum absolute atomic E-state index is 4.80. The Morgan fingerprint density at radius 2 is 0.606 bits per heavy atom. The molecule has 0 N–H and O–H groups in total. The largest absolute Gasteiger partial charge is 0.196 e. The van der Waals surface area contributed by atoms with Crippen molar-refractivity contribution < 1.29 is 0 Å². The van der Waals surface area contributed by atoms with Gasteiger partial charge in [-0.3, -0.25) is 0 Å². The van der Waals surface area contributed by atoms with Crippen LogP contribution in [-0.2, 0) is 0 Å². The summed E-state index contributed by atoms with van der Waals surface area (Å²) in [5, 5.41) is 2.82. The zero-order valence-corrected chi connectivity index (χ0v) is 24.4. The summed E-state index contributed by atoms with van der Waals surface area (Å²) < 4.78 is 0. The van der Waals surface area contributed by atoms with Gasteiger partial charge >= 0.3 is 0 Å². The summed E-state index contributed by atoms with van der Waals surface area (Å²) in [5.74, 6) is 3.37. The van der Waals surface area contributed by atoms with Crippen LogP contribution in [0.5, 0.6) is 0 Å². The van der Waals surface area contributed by atoms with E-state index >= 15 is 0 Å². The Bertz CT molecular complexity index is 469. The highest BCUT2D eigenvalue weighted by Gasteiger charge is 2.09. The zero-order chi connectivity index (χ0) is 23.8. The lowest BCUT2D eigenvalue weighted by Gasteiger charge is -2.07. The Kier molecular flexibility index (Phi) is 22.4. The third kappa shape index (κ3) is 19.0. The van der Waals surface area contributed by atoms with E-state index in [9.17, 15) is 0 Å². The Hall–Kier alpha value is 0.0600. The lowest BCUT2D eigenvalue weighted by Crippen LogP contribution is -1.99. The van der Waals surface area contributed by atoms with Crippen LogP contribution in [-0.4, -0.2) is 32.2 Å². The number of hydrogen-bond acceptors (Lipinski definition) is 6. The molecule has 0 radical (unpaired) electrons. The van der Waals surface area contributed by atoms with Gasteiger partial charge in [-0.25, -0.2) is 0 Å². The van der Waals surface area contributed by atoms with Crippen LogP contribution in [0, 0.1) is 0 Å². The van der Waals surface area contributed by atoms with E-state index in [0.29, 0.717) is 0 Å². The Morgan fingerprint density at radius 1 is 0.364 bits per heavy atom. The van der Waals surface area contributed by atoms with Gasteiger partial charge in [-0.1, -0.05) is 152 Å². The number of hydrogen-bond donors (Lipinski definition) is 0. The predicted molar refractivity (Wildman–Crippen MR) is 152 cm³/mol. The highest BCUT2D eigenvalue weighted by atomic mass is 32.2. The maximum Gasteiger partial charge on any atom is 0.192 e. The van der Waals surface area contributed by atoms with Crippen LogP contribution in [0.1, 0.15) is 136 Å². The molecular weight excluding hydrogens is 463 g/mol. The normalized spacial score (nSPS) is 11.4. The molecule has 0 aliphatic heterocycles. The molecule has 0 saturated heterocycles. The van der Waals surface area contributed by atoms with Crippen LogP contribution in [0.25, 0.3) is 0 Å². The second kappa shape index (κ2) is 23.8. The molecule has 3 nitrogen and oxygen atoms in total. The number of unbranched alkanes of at least 4 members (excludes halogenated alkanes) is 15. The minimum absolute atomic E-state index is 0.939. The molecular formula is C27H51N3S3. The van der Waals surface area contributed by atoms with Gasteiger partial charge in [0.15, 0.2) is 15.5 Å². The Labute approximate surface area is 218 Å². The minimum atomic E-state index is 0.939. The van der Waals surface area contributed by atoms with Gasteiger partial charge in [0, 0.05) is 17.3 Å². The van der Waals surface area contributed by atoms with E-state index < -0.39 is 0 Å². The summed E-state index contributed by atoms with van der Waals surface area (Å²) in [6, 6.07) is 0. The van der Waals surface area contributed by atoms with Gasteiger partial charge in [0.05, 0.1) is 0 Å². The molecule has 1 rings (SSSR count). The molecule has 0 atom stereocenters. The van der Waals surface area contributed by atoms with Crippen molar-refractivity contribution in [1.29, 1.82) is 0 Å². The third-order valence-electron chi connectivity index (χ3n) is 5.76. The molecule has 33 heavy (non-hydrogen) atoms. The van der Waals surface area contributed by atoms with Gasteiger partial charge < -0.3 is 0 Å². The van der Waals surface area contributed by atoms with Gasteiger partial charge in [0.1, 0.15) is 0 Å². The second-order valence-electron chi connectivity index (χ2n) is 9.03. The number of nitrogens with zero attached hydrogens (tertiary/aromatic N) is 3. The first-order valence-electron chi connectivity index (χ1n) is 13.9. The lowest BCUT2D eigenvalue weighted by molar-refractivity contribution is 0.625. The van der Waals surface area contributed by atoms with E-state index in [0.717, 1.165) is 32.7 Å². The quantitative estimate of drug-likeness (QED) is 0.101. The molecule has 0 amide bonds. The first kappa shape index (κ1) is 31.1. The fourth-order valence-electron chi connectivity index (χ4n) is 3.65. The topological polar surface area (TPSA) is 38.7 Å². The molecule has 192 valence electrons. The van der Waals surface area contributed by atoms with Gasteiger partial charge in [-0.05, 0) is 19.3 Å². The first-order chi connectivity index (χ1) is 16.3. The van der Waals surface area contributed by atoms with Crippen LogP contribution in [0.15, 0.2) is 15.5 Å². The molecule has 1 aromatic heterocycles. The average Bonchev–Trinajstić information content (AvgIpc) is 2.82. The van der Waals surface area contributed by atoms with Crippen LogP contribution in [0.4, 0.5) is 0 Å². The van der Waals surface area contributed by atoms with Crippen molar-refractivity contribution in [1.82, 2.24) is 15.0 Å². The molecule has 0 aliphatic carbocycles. The highest BCUT2D eigenvalue weighted by molar-refractivity contribution is 8.00. The van der Waals surface area contributed by atoms with Gasteiger partial charge in [0.2, 0.25) is 0 Å². The molecule has 0 bridgehead atoms. The number of thioether (sulfide) groups is 3. The summed E-state index contributed by atoms with van der Waals surface area (Å²) in [5.41, 5.74) is 0. The fourth-order valence-corrected chi connectivity index (χ4v) is 6.32.